The number of amides is 1. The standard InChI is InChI=1S/C28H20Cl2N2O4S/c1-13-3-7-20-22(9-13)37-28(31-20)32-24(15-4-6-18(29)19(30)12-15)23(26(34)27(32)35)25(33)16-5-8-21-17(11-16)10-14(2)36-21/h3-9,11-12,14,24,33H,10H2,1-2H3/t14-,24-/m0/s1. The number of rotatable bonds is 3. The Balaban J connectivity index is 1.55. The first kappa shape index (κ1) is 24.0. The Bertz CT molecular complexity index is 1660. The smallest absolute Gasteiger partial charge is 0.301 e. The lowest BCUT2D eigenvalue weighted by Crippen LogP contribution is -2.29. The predicted molar refractivity (Wildman–Crippen MR) is 146 cm³/mol. The number of benzene rings is 3. The van der Waals surface area contributed by atoms with E-state index < -0.39 is 17.7 Å². The summed E-state index contributed by atoms with van der Waals surface area (Å²) in [4.78, 5) is 32.9. The Labute approximate surface area is 226 Å². The molecule has 2 atom stereocenters. The molecular formula is C28H20Cl2N2O4S. The molecule has 0 spiro atoms. The predicted octanol–water partition coefficient (Wildman–Crippen LogP) is 6.86. The fourth-order valence-corrected chi connectivity index (χ4v) is 6.27. The second kappa shape index (κ2) is 8.87. The third-order valence-corrected chi connectivity index (χ3v) is 8.37. The van der Waals surface area contributed by atoms with Gasteiger partial charge in [0.15, 0.2) is 5.13 Å². The van der Waals surface area contributed by atoms with Gasteiger partial charge in [-0.3, -0.25) is 14.5 Å². The van der Waals surface area contributed by atoms with Crippen molar-refractivity contribution in [1.82, 2.24) is 4.98 Å². The zero-order valence-electron chi connectivity index (χ0n) is 19.8. The lowest BCUT2D eigenvalue weighted by Gasteiger charge is -2.23. The van der Waals surface area contributed by atoms with E-state index in [9.17, 15) is 14.7 Å². The summed E-state index contributed by atoms with van der Waals surface area (Å²) < 4.78 is 6.66. The summed E-state index contributed by atoms with van der Waals surface area (Å²) in [5, 5.41) is 12.4. The van der Waals surface area contributed by atoms with E-state index in [1.165, 1.54) is 16.2 Å². The van der Waals surface area contributed by atoms with Gasteiger partial charge in [0.2, 0.25) is 0 Å². The molecule has 1 aromatic heterocycles. The molecule has 6 nitrogen and oxygen atoms in total. The number of thiazole rings is 1. The van der Waals surface area contributed by atoms with Crippen molar-refractivity contribution in [3.05, 3.63) is 92.5 Å². The Hall–Kier alpha value is -3.39. The van der Waals surface area contributed by atoms with Crippen LogP contribution in [0.15, 0.2) is 60.2 Å². The fourth-order valence-electron chi connectivity index (χ4n) is 4.88. The van der Waals surface area contributed by atoms with Gasteiger partial charge in [-0.1, -0.05) is 46.7 Å². The summed E-state index contributed by atoms with van der Waals surface area (Å²) in [6, 6.07) is 15.0. The van der Waals surface area contributed by atoms with Crippen LogP contribution >= 0.6 is 34.5 Å². The minimum absolute atomic E-state index is 0.0249. The molecule has 0 radical (unpaired) electrons. The molecular weight excluding hydrogens is 531 g/mol. The van der Waals surface area contributed by atoms with Crippen LogP contribution in [0.2, 0.25) is 10.0 Å². The number of aliphatic hydroxyl groups is 1. The molecule has 1 fully saturated rings. The highest BCUT2D eigenvalue weighted by atomic mass is 35.5. The molecule has 1 amide bonds. The second-order valence-electron chi connectivity index (χ2n) is 9.27. The van der Waals surface area contributed by atoms with Gasteiger partial charge in [0, 0.05) is 12.0 Å². The van der Waals surface area contributed by atoms with Gasteiger partial charge in [-0.15, -0.1) is 0 Å². The van der Waals surface area contributed by atoms with Gasteiger partial charge >= 0.3 is 5.91 Å². The van der Waals surface area contributed by atoms with Crippen LogP contribution < -0.4 is 9.64 Å². The molecule has 3 aromatic carbocycles. The molecule has 186 valence electrons. The molecule has 0 aliphatic carbocycles. The summed E-state index contributed by atoms with van der Waals surface area (Å²) in [6.07, 6.45) is 0.712. The van der Waals surface area contributed by atoms with Crippen molar-refractivity contribution in [2.24, 2.45) is 0 Å². The van der Waals surface area contributed by atoms with Gasteiger partial charge < -0.3 is 9.84 Å². The summed E-state index contributed by atoms with van der Waals surface area (Å²) in [6.45, 7) is 3.94. The maximum atomic E-state index is 13.5. The summed E-state index contributed by atoms with van der Waals surface area (Å²) in [7, 11) is 0. The quantitative estimate of drug-likeness (QED) is 0.171. The molecule has 3 heterocycles. The van der Waals surface area contributed by atoms with Gasteiger partial charge in [0.25, 0.3) is 5.78 Å². The number of fused-ring (bicyclic) bond motifs is 2. The maximum absolute atomic E-state index is 13.5. The van der Waals surface area contributed by atoms with Crippen LogP contribution in [0.3, 0.4) is 0 Å². The highest BCUT2D eigenvalue weighted by Crippen LogP contribution is 2.45. The van der Waals surface area contributed by atoms with Crippen LogP contribution in [-0.4, -0.2) is 27.9 Å². The molecule has 1 N–H and O–H groups in total. The molecule has 0 saturated carbocycles. The monoisotopic (exact) mass is 550 g/mol. The number of carbonyl (C=O) groups excluding carboxylic acids is 2. The average Bonchev–Trinajstić information content (AvgIpc) is 3.52. The summed E-state index contributed by atoms with van der Waals surface area (Å²) in [5.74, 6) is -1.09. The second-order valence-corrected chi connectivity index (χ2v) is 11.1. The van der Waals surface area contributed by atoms with Gasteiger partial charge in [-0.25, -0.2) is 4.98 Å². The fraction of sp³-hybridized carbons (Fsp3) is 0.179. The van der Waals surface area contributed by atoms with E-state index in [0.717, 1.165) is 21.6 Å². The molecule has 9 heteroatoms. The molecule has 4 aromatic rings. The Morgan fingerprint density at radius 3 is 2.68 bits per heavy atom. The lowest BCUT2D eigenvalue weighted by molar-refractivity contribution is -0.132. The third kappa shape index (κ3) is 3.98. The van der Waals surface area contributed by atoms with E-state index in [0.29, 0.717) is 33.2 Å². The van der Waals surface area contributed by atoms with Crippen LogP contribution in [0.5, 0.6) is 5.75 Å². The van der Waals surface area contributed by atoms with Crippen molar-refractivity contribution in [2.45, 2.75) is 32.4 Å². The van der Waals surface area contributed by atoms with Crippen LogP contribution in [0.4, 0.5) is 5.13 Å². The van der Waals surface area contributed by atoms with Crippen molar-refractivity contribution in [2.75, 3.05) is 4.90 Å². The zero-order valence-corrected chi connectivity index (χ0v) is 22.1. The highest BCUT2D eigenvalue weighted by Gasteiger charge is 2.48. The molecule has 0 unspecified atom stereocenters. The van der Waals surface area contributed by atoms with Crippen molar-refractivity contribution in [3.63, 3.8) is 0 Å². The number of hydrogen-bond acceptors (Lipinski definition) is 6. The first-order chi connectivity index (χ1) is 17.7. The van der Waals surface area contributed by atoms with Gasteiger partial charge in [-0.2, -0.15) is 0 Å². The Morgan fingerprint density at radius 1 is 1.08 bits per heavy atom. The van der Waals surface area contributed by atoms with E-state index in [2.05, 4.69) is 4.98 Å². The first-order valence-corrected chi connectivity index (χ1v) is 13.2. The Kier molecular flexibility index (Phi) is 5.75. The largest absolute Gasteiger partial charge is 0.507 e. The van der Waals surface area contributed by atoms with E-state index >= 15 is 0 Å². The molecule has 1 saturated heterocycles. The van der Waals surface area contributed by atoms with Crippen LogP contribution in [0.1, 0.15) is 35.2 Å². The number of Topliss-reactive ketones (excluding diaryl/α,β-unsaturated/α-hetero) is 1. The molecule has 37 heavy (non-hydrogen) atoms. The van der Waals surface area contributed by atoms with Crippen LogP contribution in [0, 0.1) is 6.92 Å². The first-order valence-electron chi connectivity index (χ1n) is 11.6. The Morgan fingerprint density at radius 2 is 1.89 bits per heavy atom. The number of carbonyl (C=O) groups is 2. The summed E-state index contributed by atoms with van der Waals surface area (Å²) >= 11 is 13.8. The summed E-state index contributed by atoms with van der Waals surface area (Å²) in [5.41, 5.74) is 3.63. The van der Waals surface area contributed by atoms with Crippen LogP contribution in [-0.2, 0) is 16.0 Å². The minimum Gasteiger partial charge on any atom is -0.507 e. The van der Waals surface area contributed by atoms with Crippen molar-refractivity contribution < 1.29 is 19.4 Å². The number of hydrogen-bond donors (Lipinski definition) is 1. The SMILES string of the molecule is Cc1ccc2nc(N3C(=O)C(=O)C(=C(O)c4ccc5c(c4)C[C@H](C)O5)[C@@H]3c3ccc(Cl)c(Cl)c3)sc2c1. The number of ether oxygens (including phenoxy) is 1. The van der Waals surface area contributed by atoms with E-state index in [-0.39, 0.29) is 22.5 Å². The van der Waals surface area contributed by atoms with E-state index in [1.54, 1.807) is 36.4 Å². The highest BCUT2D eigenvalue weighted by molar-refractivity contribution is 7.22. The van der Waals surface area contributed by atoms with Gasteiger partial charge in [0.1, 0.15) is 17.6 Å². The topological polar surface area (TPSA) is 79.7 Å². The van der Waals surface area contributed by atoms with Crippen LogP contribution in [0.25, 0.3) is 16.0 Å². The zero-order chi connectivity index (χ0) is 26.0. The normalized spacial score (nSPS) is 20.5. The molecule has 0 bridgehead atoms. The van der Waals surface area contributed by atoms with E-state index in [1.807, 2.05) is 32.0 Å². The number of aryl methyl sites for hydroxylation is 1. The average molecular weight is 551 g/mol. The molecule has 2 aliphatic heterocycles. The van der Waals surface area contributed by atoms with Crippen molar-refractivity contribution in [3.8, 4) is 5.75 Å². The number of aromatic nitrogens is 1. The number of halogens is 2. The number of anilines is 1. The lowest BCUT2D eigenvalue weighted by atomic mass is 9.94. The molecule has 2 aliphatic rings. The number of ketones is 1. The third-order valence-electron chi connectivity index (χ3n) is 6.61. The van der Waals surface area contributed by atoms with Gasteiger partial charge in [0.05, 0.1) is 31.9 Å². The maximum Gasteiger partial charge on any atom is 0.301 e. The van der Waals surface area contributed by atoms with Gasteiger partial charge in [-0.05, 0) is 73.0 Å². The van der Waals surface area contributed by atoms with E-state index in [4.69, 9.17) is 27.9 Å². The van der Waals surface area contributed by atoms with Crippen molar-refractivity contribution >= 4 is 67.3 Å². The number of aliphatic hydroxyl groups excluding tert-OH is 1. The molecule has 6 rings (SSSR count). The minimum atomic E-state index is -0.945. The number of nitrogens with zero attached hydrogens (tertiary/aromatic N) is 2. The van der Waals surface area contributed by atoms with Crippen molar-refractivity contribution in [1.29, 1.82) is 0 Å².